The molecule has 1 aromatic rings. The fourth-order valence-electron chi connectivity index (χ4n) is 3.25. The second-order valence-corrected chi connectivity index (χ2v) is 7.60. The summed E-state index contributed by atoms with van der Waals surface area (Å²) >= 11 is 0. The number of ether oxygens (including phenoxy) is 1. The molecular formula is C20H34N4O. The first-order valence-electron chi connectivity index (χ1n) is 9.38. The van der Waals surface area contributed by atoms with Gasteiger partial charge in [0.1, 0.15) is 5.75 Å². The maximum Gasteiger partial charge on any atom is 0.191 e. The molecule has 0 aliphatic carbocycles. The highest BCUT2D eigenvalue weighted by Gasteiger charge is 2.26. The summed E-state index contributed by atoms with van der Waals surface area (Å²) in [6.07, 6.45) is 2.52. The van der Waals surface area contributed by atoms with Crippen molar-refractivity contribution in [3.05, 3.63) is 29.8 Å². The summed E-state index contributed by atoms with van der Waals surface area (Å²) in [5.74, 6) is 1.82. The van der Waals surface area contributed by atoms with Crippen LogP contribution in [0.15, 0.2) is 29.3 Å². The lowest BCUT2D eigenvalue weighted by Crippen LogP contribution is -2.48. The van der Waals surface area contributed by atoms with Crippen LogP contribution in [0.1, 0.15) is 52.1 Å². The lowest BCUT2D eigenvalue weighted by atomic mass is 10.0. The summed E-state index contributed by atoms with van der Waals surface area (Å²) in [5, 5.41) is 6.83. The van der Waals surface area contributed by atoms with E-state index in [-0.39, 0.29) is 11.6 Å². The largest absolute Gasteiger partial charge is 0.496 e. The molecule has 1 aromatic carbocycles. The van der Waals surface area contributed by atoms with E-state index in [0.717, 1.165) is 31.3 Å². The smallest absolute Gasteiger partial charge is 0.191 e. The topological polar surface area (TPSA) is 48.9 Å². The zero-order valence-electron chi connectivity index (χ0n) is 16.4. The maximum atomic E-state index is 5.61. The monoisotopic (exact) mass is 346 g/mol. The van der Waals surface area contributed by atoms with Crippen LogP contribution in [0.25, 0.3) is 0 Å². The van der Waals surface area contributed by atoms with Crippen molar-refractivity contribution in [3.8, 4) is 5.75 Å². The number of benzene rings is 1. The van der Waals surface area contributed by atoms with E-state index in [0.29, 0.717) is 6.54 Å². The molecule has 25 heavy (non-hydrogen) atoms. The van der Waals surface area contributed by atoms with Gasteiger partial charge >= 0.3 is 0 Å². The molecule has 1 aliphatic rings. The Hall–Kier alpha value is -1.75. The molecule has 1 unspecified atom stereocenters. The Balaban J connectivity index is 2.24. The summed E-state index contributed by atoms with van der Waals surface area (Å²) < 4.78 is 5.61. The molecule has 0 bridgehead atoms. The standard InChI is InChI=1S/C20H34N4O/c1-6-21-19(23-20(2,3)4)22-15-17(24-13-9-10-14-24)16-11-7-8-12-18(16)25-5/h7-8,11-12,17H,6,9-10,13-15H2,1-5H3,(H2,21,22,23). The van der Waals surface area contributed by atoms with Crippen molar-refractivity contribution in [3.63, 3.8) is 0 Å². The van der Waals surface area contributed by atoms with E-state index in [4.69, 9.17) is 9.73 Å². The molecule has 1 atom stereocenters. The van der Waals surface area contributed by atoms with Crippen molar-refractivity contribution < 1.29 is 4.74 Å². The van der Waals surface area contributed by atoms with E-state index in [1.807, 2.05) is 12.1 Å². The van der Waals surface area contributed by atoms with Crippen LogP contribution in [0, 0.1) is 0 Å². The molecule has 0 aromatic heterocycles. The van der Waals surface area contributed by atoms with Crippen LogP contribution in [0.2, 0.25) is 0 Å². The fraction of sp³-hybridized carbons (Fsp3) is 0.650. The summed E-state index contributed by atoms with van der Waals surface area (Å²) in [6, 6.07) is 8.57. The van der Waals surface area contributed by atoms with Gasteiger partial charge < -0.3 is 15.4 Å². The molecule has 140 valence electrons. The Morgan fingerprint density at radius 3 is 2.52 bits per heavy atom. The molecule has 0 saturated carbocycles. The molecule has 1 aliphatic heterocycles. The van der Waals surface area contributed by atoms with Crippen molar-refractivity contribution in [1.82, 2.24) is 15.5 Å². The number of hydrogen-bond acceptors (Lipinski definition) is 3. The Bertz CT molecular complexity index is 559. The number of para-hydroxylation sites is 1. The second kappa shape index (κ2) is 9.09. The van der Waals surface area contributed by atoms with Gasteiger partial charge in [0.25, 0.3) is 0 Å². The Morgan fingerprint density at radius 2 is 1.92 bits per heavy atom. The molecule has 5 nitrogen and oxygen atoms in total. The van der Waals surface area contributed by atoms with Crippen LogP contribution in [0.4, 0.5) is 0 Å². The van der Waals surface area contributed by atoms with Crippen molar-refractivity contribution in [2.24, 2.45) is 4.99 Å². The molecule has 1 saturated heterocycles. The first-order valence-corrected chi connectivity index (χ1v) is 9.38. The Kier molecular flexibility index (Phi) is 7.12. The third-order valence-corrected chi connectivity index (χ3v) is 4.34. The minimum Gasteiger partial charge on any atom is -0.496 e. The van der Waals surface area contributed by atoms with Crippen LogP contribution in [0.3, 0.4) is 0 Å². The van der Waals surface area contributed by atoms with Gasteiger partial charge in [-0.25, -0.2) is 0 Å². The predicted octanol–water partition coefficient (Wildman–Crippen LogP) is 3.19. The molecule has 5 heteroatoms. The SMILES string of the molecule is CCNC(=NCC(c1ccccc1OC)N1CCCC1)NC(C)(C)C. The minimum absolute atomic E-state index is 0.0193. The number of guanidine groups is 1. The number of nitrogens with zero attached hydrogens (tertiary/aromatic N) is 2. The van der Waals surface area contributed by atoms with E-state index >= 15 is 0 Å². The second-order valence-electron chi connectivity index (χ2n) is 7.60. The third-order valence-electron chi connectivity index (χ3n) is 4.34. The number of likely N-dealkylation sites (tertiary alicyclic amines) is 1. The van der Waals surface area contributed by atoms with Gasteiger partial charge in [0.2, 0.25) is 0 Å². The molecule has 2 N–H and O–H groups in total. The van der Waals surface area contributed by atoms with Gasteiger partial charge in [-0.15, -0.1) is 0 Å². The summed E-state index contributed by atoms with van der Waals surface area (Å²) in [4.78, 5) is 7.42. The number of hydrogen-bond donors (Lipinski definition) is 2. The van der Waals surface area contributed by atoms with E-state index in [2.05, 4.69) is 55.4 Å². The third kappa shape index (κ3) is 5.92. The quantitative estimate of drug-likeness (QED) is 0.613. The van der Waals surface area contributed by atoms with Crippen molar-refractivity contribution >= 4 is 5.96 Å². The zero-order chi connectivity index (χ0) is 18.3. The maximum absolute atomic E-state index is 5.61. The predicted molar refractivity (Wildman–Crippen MR) is 105 cm³/mol. The molecule has 0 spiro atoms. The van der Waals surface area contributed by atoms with Crippen molar-refractivity contribution in [1.29, 1.82) is 0 Å². The molecule has 1 fully saturated rings. The average molecular weight is 347 g/mol. The van der Waals surface area contributed by atoms with E-state index < -0.39 is 0 Å². The first kappa shape index (κ1) is 19.6. The number of aliphatic imine (C=N–C) groups is 1. The summed E-state index contributed by atoms with van der Waals surface area (Å²) in [6.45, 7) is 12.4. The van der Waals surface area contributed by atoms with E-state index in [1.54, 1.807) is 7.11 Å². The highest BCUT2D eigenvalue weighted by atomic mass is 16.5. The van der Waals surface area contributed by atoms with Crippen molar-refractivity contribution in [2.75, 3.05) is 33.3 Å². The summed E-state index contributed by atoms with van der Waals surface area (Å²) in [7, 11) is 1.74. The number of methoxy groups -OCH3 is 1. The van der Waals surface area contributed by atoms with E-state index in [1.165, 1.54) is 18.4 Å². The lowest BCUT2D eigenvalue weighted by Gasteiger charge is -2.29. The normalized spacial score (nSPS) is 17.4. The molecular weight excluding hydrogens is 312 g/mol. The van der Waals surface area contributed by atoms with Gasteiger partial charge in [-0.05, 0) is 59.7 Å². The molecule has 0 radical (unpaired) electrons. The Labute approximate surface area is 152 Å². The van der Waals surface area contributed by atoms with Gasteiger partial charge in [0.15, 0.2) is 5.96 Å². The van der Waals surface area contributed by atoms with E-state index in [9.17, 15) is 0 Å². The van der Waals surface area contributed by atoms with Gasteiger partial charge in [0, 0.05) is 17.6 Å². The van der Waals surface area contributed by atoms with Crippen LogP contribution < -0.4 is 15.4 Å². The van der Waals surface area contributed by atoms with Gasteiger partial charge in [-0.1, -0.05) is 18.2 Å². The van der Waals surface area contributed by atoms with Gasteiger partial charge in [-0.2, -0.15) is 0 Å². The van der Waals surface area contributed by atoms with Crippen LogP contribution in [-0.2, 0) is 0 Å². The molecule has 0 amide bonds. The highest BCUT2D eigenvalue weighted by molar-refractivity contribution is 5.80. The van der Waals surface area contributed by atoms with Gasteiger partial charge in [-0.3, -0.25) is 9.89 Å². The van der Waals surface area contributed by atoms with Gasteiger partial charge in [0.05, 0.1) is 19.7 Å². The zero-order valence-corrected chi connectivity index (χ0v) is 16.4. The van der Waals surface area contributed by atoms with Crippen LogP contribution in [-0.4, -0.2) is 49.7 Å². The Morgan fingerprint density at radius 1 is 1.24 bits per heavy atom. The van der Waals surface area contributed by atoms with Crippen LogP contribution >= 0.6 is 0 Å². The first-order chi connectivity index (χ1) is 11.9. The highest BCUT2D eigenvalue weighted by Crippen LogP contribution is 2.31. The van der Waals surface area contributed by atoms with Crippen molar-refractivity contribution in [2.45, 2.75) is 52.1 Å². The summed E-state index contributed by atoms with van der Waals surface area (Å²) in [5.41, 5.74) is 1.21. The molecule has 2 rings (SSSR count). The fourth-order valence-corrected chi connectivity index (χ4v) is 3.25. The minimum atomic E-state index is -0.0193. The van der Waals surface area contributed by atoms with Crippen LogP contribution in [0.5, 0.6) is 5.75 Å². The lowest BCUT2D eigenvalue weighted by molar-refractivity contribution is 0.245. The molecule has 1 heterocycles. The average Bonchev–Trinajstić information content (AvgIpc) is 3.08. The number of rotatable bonds is 6. The number of nitrogens with one attached hydrogen (secondary N) is 2.